The highest BCUT2D eigenvalue weighted by Gasteiger charge is 2.40. The van der Waals surface area contributed by atoms with Gasteiger partial charge in [-0.25, -0.2) is 4.79 Å². The number of aromatic nitrogens is 1. The Morgan fingerprint density at radius 3 is 1.80 bits per heavy atom. The molecule has 1 aliphatic rings. The van der Waals surface area contributed by atoms with Crippen molar-refractivity contribution in [1.82, 2.24) is 36.5 Å². The smallest absolute Gasteiger partial charge is 0.328 e. The van der Waals surface area contributed by atoms with E-state index in [1.165, 1.54) is 4.90 Å². The highest BCUT2D eigenvalue weighted by Crippen LogP contribution is 2.22. The number of carboxylic acid groups (broad SMARTS) is 1. The second kappa shape index (κ2) is 25.7. The first kappa shape index (κ1) is 52.8. The molecule has 0 saturated carbocycles. The zero-order valence-corrected chi connectivity index (χ0v) is 36.1. The molecule has 1 aromatic carbocycles. The van der Waals surface area contributed by atoms with Crippen LogP contribution in [0.3, 0.4) is 0 Å². The number of carbonyl (C=O) groups is 9. The van der Waals surface area contributed by atoms with Crippen molar-refractivity contribution in [1.29, 1.82) is 0 Å². The van der Waals surface area contributed by atoms with Crippen LogP contribution in [-0.2, 0) is 49.6 Å². The molecule has 362 valence electrons. The third-order valence-electron chi connectivity index (χ3n) is 10.3. The Morgan fingerprint density at radius 2 is 1.24 bits per heavy atom. The SMILES string of the molecule is NC(=O)C[C@H](NC(=O)[C@H](CC(N)=O)NC(=O)[C@@H](N)CCCN=C(N)N)C(=O)N[C@@H](Cc1c[nH]c2ccccc12)C(=O)N[C@@H](CCCN=C(N)N)C(=O)N1CCC[C@H]1C(=O)N[C@@H](CO)C(=O)O. The number of carboxylic acids is 1. The summed E-state index contributed by atoms with van der Waals surface area (Å²) in [6, 6.07) is -3.42. The molecule has 0 radical (unpaired) electrons. The van der Waals surface area contributed by atoms with Crippen molar-refractivity contribution in [3.05, 3.63) is 36.0 Å². The van der Waals surface area contributed by atoms with Gasteiger partial charge in [0.15, 0.2) is 11.9 Å². The maximum absolute atomic E-state index is 14.4. The van der Waals surface area contributed by atoms with E-state index in [0.29, 0.717) is 22.9 Å². The Kier molecular flexibility index (Phi) is 20.5. The maximum Gasteiger partial charge on any atom is 0.328 e. The highest BCUT2D eigenvalue weighted by atomic mass is 16.4. The first-order chi connectivity index (χ1) is 31.2. The fourth-order valence-electron chi connectivity index (χ4n) is 7.01. The van der Waals surface area contributed by atoms with Gasteiger partial charge in [-0.1, -0.05) is 18.2 Å². The van der Waals surface area contributed by atoms with E-state index >= 15 is 0 Å². The molecule has 1 aromatic heterocycles. The largest absolute Gasteiger partial charge is 0.480 e. The number of hydrogen-bond donors (Lipinski definition) is 15. The number of para-hydroxylation sites is 1. The number of aromatic amines is 1. The van der Waals surface area contributed by atoms with Crippen molar-refractivity contribution in [2.45, 2.75) is 100 Å². The summed E-state index contributed by atoms with van der Waals surface area (Å²) >= 11 is 0. The molecule has 22 N–H and O–H groups in total. The van der Waals surface area contributed by atoms with Crippen LogP contribution in [0.15, 0.2) is 40.4 Å². The summed E-state index contributed by atoms with van der Waals surface area (Å²) in [5.74, 6) is -9.66. The number of benzene rings is 1. The number of nitrogens with one attached hydrogen (secondary N) is 6. The van der Waals surface area contributed by atoms with E-state index in [1.807, 2.05) is 0 Å². The number of aliphatic carboxylic acids is 1. The number of amides is 8. The minimum Gasteiger partial charge on any atom is -0.480 e. The van der Waals surface area contributed by atoms with E-state index in [4.69, 9.17) is 40.1 Å². The van der Waals surface area contributed by atoms with Gasteiger partial charge in [0.25, 0.3) is 0 Å². The number of rotatable bonds is 27. The Morgan fingerprint density at radius 1 is 0.712 bits per heavy atom. The minimum absolute atomic E-state index is 0.0231. The Hall–Kier alpha value is -7.55. The molecule has 27 nitrogen and oxygen atoms in total. The molecule has 1 saturated heterocycles. The lowest BCUT2D eigenvalue weighted by molar-refractivity contribution is -0.145. The summed E-state index contributed by atoms with van der Waals surface area (Å²) in [6.45, 7) is -0.702. The molecule has 8 amide bonds. The minimum atomic E-state index is -1.80. The van der Waals surface area contributed by atoms with Crippen LogP contribution < -0.4 is 66.7 Å². The van der Waals surface area contributed by atoms with Crippen molar-refractivity contribution < 1.29 is 53.4 Å². The number of aliphatic imine (C=N–C) groups is 2. The second-order valence-electron chi connectivity index (χ2n) is 15.4. The summed E-state index contributed by atoms with van der Waals surface area (Å²) < 4.78 is 0. The van der Waals surface area contributed by atoms with Crippen LogP contribution in [0.5, 0.6) is 0 Å². The first-order valence-corrected chi connectivity index (χ1v) is 20.9. The van der Waals surface area contributed by atoms with E-state index in [2.05, 4.69) is 41.6 Å². The fraction of sp³-hybridized carbons (Fsp3) is 0.513. The van der Waals surface area contributed by atoms with Gasteiger partial charge in [-0.3, -0.25) is 48.3 Å². The molecule has 27 heteroatoms. The molecule has 0 unspecified atom stereocenters. The van der Waals surface area contributed by atoms with Crippen LogP contribution in [-0.4, -0.2) is 154 Å². The van der Waals surface area contributed by atoms with Crippen LogP contribution in [0.1, 0.15) is 56.9 Å². The molecule has 66 heavy (non-hydrogen) atoms. The van der Waals surface area contributed by atoms with Gasteiger partial charge in [-0.2, -0.15) is 0 Å². The van der Waals surface area contributed by atoms with Gasteiger partial charge in [0, 0.05) is 43.2 Å². The normalized spacial score (nSPS) is 16.0. The number of fused-ring (bicyclic) bond motifs is 1. The van der Waals surface area contributed by atoms with Gasteiger partial charge in [0.05, 0.1) is 25.5 Å². The topological polar surface area (TPSA) is 480 Å². The number of carbonyl (C=O) groups excluding carboxylic acids is 8. The van der Waals surface area contributed by atoms with Crippen LogP contribution in [0, 0.1) is 0 Å². The third kappa shape index (κ3) is 16.5. The number of H-pyrrole nitrogens is 1. The molecule has 1 aliphatic heterocycles. The number of guanidine groups is 2. The molecular formula is C39H60N16O11. The lowest BCUT2D eigenvalue weighted by Gasteiger charge is -2.30. The van der Waals surface area contributed by atoms with E-state index in [0.717, 1.165) is 0 Å². The summed E-state index contributed by atoms with van der Waals surface area (Å²) in [7, 11) is 0. The van der Waals surface area contributed by atoms with Gasteiger partial charge in [0.1, 0.15) is 36.3 Å². The molecule has 0 spiro atoms. The fourth-order valence-corrected chi connectivity index (χ4v) is 7.01. The van der Waals surface area contributed by atoms with E-state index in [-0.39, 0.29) is 70.1 Å². The summed E-state index contributed by atoms with van der Waals surface area (Å²) in [4.78, 5) is 130. The average molecular weight is 929 g/mol. The molecule has 3 rings (SSSR count). The van der Waals surface area contributed by atoms with Crippen LogP contribution in [0.2, 0.25) is 0 Å². The van der Waals surface area contributed by atoms with Crippen LogP contribution >= 0.6 is 0 Å². The van der Waals surface area contributed by atoms with Crippen molar-refractivity contribution in [2.24, 2.45) is 50.1 Å². The number of likely N-dealkylation sites (tertiary alicyclic amines) is 1. The van der Waals surface area contributed by atoms with Crippen molar-refractivity contribution >= 4 is 76.0 Å². The monoisotopic (exact) mass is 928 g/mol. The first-order valence-electron chi connectivity index (χ1n) is 20.9. The standard InChI is InChI=1S/C39H60N16O11/c40-21(7-3-11-47-38(43)44)31(59)51-25(15-29(41)57)33(61)53-26(16-30(42)58)34(62)52-24(14-19-17-49-22-8-2-1-6-20(19)22)32(60)50-23(9-4-12-48-39(45)46)36(64)55-13-5-10-28(55)35(63)54-27(18-56)37(65)66/h1-2,6,8,17,21,23-28,49,56H,3-5,7,9-16,18,40H2,(H2,41,57)(H2,42,58)(H,50,60)(H,51,59)(H,52,62)(H,53,61)(H,54,63)(H,65,66)(H4,43,44,47)(H4,45,46,48)/t21-,23-,24-,25-,26-,27-,28-/m0/s1. The number of aliphatic hydroxyl groups is 1. The number of nitrogens with zero attached hydrogens (tertiary/aromatic N) is 3. The average Bonchev–Trinajstić information content (AvgIpc) is 3.91. The molecule has 7 atom stereocenters. The predicted molar refractivity (Wildman–Crippen MR) is 237 cm³/mol. The van der Waals surface area contributed by atoms with Crippen LogP contribution in [0.4, 0.5) is 0 Å². The van der Waals surface area contributed by atoms with Crippen molar-refractivity contribution in [3.8, 4) is 0 Å². The van der Waals surface area contributed by atoms with Crippen LogP contribution in [0.25, 0.3) is 10.9 Å². The van der Waals surface area contributed by atoms with Gasteiger partial charge in [0.2, 0.25) is 47.3 Å². The van der Waals surface area contributed by atoms with Gasteiger partial charge in [-0.15, -0.1) is 0 Å². The number of primary amides is 2. The molecule has 1 fully saturated rings. The quantitative estimate of drug-likeness (QED) is 0.0225. The predicted octanol–water partition coefficient (Wildman–Crippen LogP) is -6.61. The lowest BCUT2D eigenvalue weighted by atomic mass is 10.0. The van der Waals surface area contributed by atoms with Crippen molar-refractivity contribution in [2.75, 3.05) is 26.2 Å². The van der Waals surface area contributed by atoms with E-state index in [9.17, 15) is 53.4 Å². The zero-order valence-electron chi connectivity index (χ0n) is 36.1. The second-order valence-corrected chi connectivity index (χ2v) is 15.4. The summed E-state index contributed by atoms with van der Waals surface area (Å²) in [5, 5.41) is 31.5. The Balaban J connectivity index is 1.95. The highest BCUT2D eigenvalue weighted by molar-refractivity contribution is 5.99. The molecular weight excluding hydrogens is 869 g/mol. The van der Waals surface area contributed by atoms with Crippen molar-refractivity contribution in [3.63, 3.8) is 0 Å². The molecule has 2 heterocycles. The number of nitrogens with two attached hydrogens (primary N) is 7. The van der Waals surface area contributed by atoms with E-state index < -0.39 is 115 Å². The maximum atomic E-state index is 14.4. The number of aliphatic hydroxyl groups excluding tert-OH is 1. The third-order valence-corrected chi connectivity index (χ3v) is 10.3. The zero-order chi connectivity index (χ0) is 49.1. The summed E-state index contributed by atoms with van der Waals surface area (Å²) in [6.07, 6.45) is 0.604. The van der Waals surface area contributed by atoms with Gasteiger partial charge < -0.3 is 86.8 Å². The molecule has 0 aliphatic carbocycles. The molecule has 2 aromatic rings. The lowest BCUT2D eigenvalue weighted by Crippen LogP contribution is -2.60. The van der Waals surface area contributed by atoms with Gasteiger partial charge in [-0.05, 0) is 50.2 Å². The van der Waals surface area contributed by atoms with E-state index in [1.54, 1.807) is 30.5 Å². The Labute approximate surface area is 377 Å². The van der Waals surface area contributed by atoms with Gasteiger partial charge >= 0.3 is 5.97 Å². The number of hydrogen-bond acceptors (Lipinski definition) is 13. The molecule has 0 bridgehead atoms. The Bertz CT molecular complexity index is 2140. The summed E-state index contributed by atoms with van der Waals surface area (Å²) in [5.41, 5.74) is 39.5.